The standard InChI is InChI=1S/C6H6F8O3S.C2H7N/c7-1(2(8)4(10)11)3(9)6(13,14)5(12)18(15,16)17;1-3-2/h1-5H,(H,15,16,17);3H,1-2H3. The summed E-state index contributed by atoms with van der Waals surface area (Å²) in [5, 5.41) is 2.75. The van der Waals surface area contributed by atoms with Crippen molar-refractivity contribution in [3.8, 4) is 0 Å². The first-order chi connectivity index (χ1) is 9.24. The topological polar surface area (TPSA) is 66.4 Å². The summed E-state index contributed by atoms with van der Waals surface area (Å²) < 4.78 is 126. The minimum absolute atomic E-state index is 1.88. The van der Waals surface area contributed by atoms with E-state index in [1.807, 2.05) is 14.1 Å². The van der Waals surface area contributed by atoms with E-state index >= 15 is 0 Å². The number of hydrogen-bond acceptors (Lipinski definition) is 3. The van der Waals surface area contributed by atoms with Gasteiger partial charge in [-0.3, -0.25) is 4.55 Å². The molecule has 130 valence electrons. The summed E-state index contributed by atoms with van der Waals surface area (Å²) >= 11 is 0. The largest absolute Gasteiger partial charge is 0.328 e. The average Bonchev–Trinajstić information content (AvgIpc) is 2.34. The van der Waals surface area contributed by atoms with Crippen LogP contribution in [0.15, 0.2) is 0 Å². The van der Waals surface area contributed by atoms with E-state index in [2.05, 4.69) is 5.32 Å². The molecule has 0 aromatic rings. The SMILES string of the molecule is CNC.O=S(=O)(O)C(F)C(F)(F)C(F)C(F)C(F)C(F)F. The van der Waals surface area contributed by atoms with Gasteiger partial charge in [0.1, 0.15) is 0 Å². The molecule has 13 heteroatoms. The zero-order valence-electron chi connectivity index (χ0n) is 10.6. The van der Waals surface area contributed by atoms with Crippen molar-refractivity contribution in [1.29, 1.82) is 0 Å². The van der Waals surface area contributed by atoms with Crippen molar-refractivity contribution < 1.29 is 48.1 Å². The molecule has 0 amide bonds. The van der Waals surface area contributed by atoms with Gasteiger partial charge in [0, 0.05) is 0 Å². The maximum absolute atomic E-state index is 12.7. The molecule has 0 saturated carbocycles. The lowest BCUT2D eigenvalue weighted by Gasteiger charge is -2.25. The quantitative estimate of drug-likeness (QED) is 0.564. The van der Waals surface area contributed by atoms with Gasteiger partial charge in [0.2, 0.25) is 6.17 Å². The van der Waals surface area contributed by atoms with Crippen LogP contribution < -0.4 is 5.32 Å². The third kappa shape index (κ3) is 6.74. The van der Waals surface area contributed by atoms with E-state index in [0.29, 0.717) is 0 Å². The molecule has 0 aliphatic heterocycles. The summed E-state index contributed by atoms with van der Waals surface area (Å²) in [6, 6.07) is 0. The predicted molar refractivity (Wildman–Crippen MR) is 57.1 cm³/mol. The fraction of sp³-hybridized carbons (Fsp3) is 1.00. The van der Waals surface area contributed by atoms with E-state index in [4.69, 9.17) is 4.55 Å². The Morgan fingerprint density at radius 2 is 1.29 bits per heavy atom. The lowest BCUT2D eigenvalue weighted by Crippen LogP contribution is -2.51. The van der Waals surface area contributed by atoms with Gasteiger partial charge < -0.3 is 5.32 Å². The van der Waals surface area contributed by atoms with Crippen LogP contribution in [-0.2, 0) is 10.1 Å². The molecule has 0 bridgehead atoms. The van der Waals surface area contributed by atoms with Crippen molar-refractivity contribution in [3.05, 3.63) is 0 Å². The second-order valence-electron chi connectivity index (χ2n) is 3.63. The molecular weight excluding hydrogens is 342 g/mol. The Hall–Kier alpha value is -0.690. The minimum Gasteiger partial charge on any atom is -0.323 e. The Morgan fingerprint density at radius 3 is 1.52 bits per heavy atom. The van der Waals surface area contributed by atoms with Crippen molar-refractivity contribution in [2.24, 2.45) is 0 Å². The molecule has 4 unspecified atom stereocenters. The molecule has 0 saturated heterocycles. The first-order valence-electron chi connectivity index (χ1n) is 5.02. The van der Waals surface area contributed by atoms with Crippen molar-refractivity contribution in [3.63, 3.8) is 0 Å². The molecule has 0 aromatic heterocycles. The molecule has 4 atom stereocenters. The van der Waals surface area contributed by atoms with E-state index in [1.54, 1.807) is 0 Å². The second kappa shape index (κ2) is 8.68. The van der Waals surface area contributed by atoms with E-state index in [9.17, 15) is 43.5 Å². The van der Waals surface area contributed by atoms with Gasteiger partial charge in [-0.05, 0) is 14.1 Å². The molecule has 0 aliphatic carbocycles. The predicted octanol–water partition coefficient (Wildman–Crippen LogP) is 1.92. The van der Waals surface area contributed by atoms with Crippen LogP contribution in [0.25, 0.3) is 0 Å². The van der Waals surface area contributed by atoms with Crippen LogP contribution in [-0.4, -0.2) is 63.4 Å². The fourth-order valence-electron chi connectivity index (χ4n) is 0.836. The fourth-order valence-corrected chi connectivity index (χ4v) is 1.36. The first-order valence-corrected chi connectivity index (χ1v) is 6.52. The van der Waals surface area contributed by atoms with Crippen LogP contribution in [0.2, 0.25) is 0 Å². The highest BCUT2D eigenvalue weighted by Gasteiger charge is 2.60. The maximum atomic E-state index is 12.7. The summed E-state index contributed by atoms with van der Waals surface area (Å²) in [7, 11) is -2.37. The van der Waals surface area contributed by atoms with Crippen molar-refractivity contribution in [2.75, 3.05) is 14.1 Å². The average molecular weight is 355 g/mol. The Balaban J connectivity index is 0. The molecule has 4 nitrogen and oxygen atoms in total. The number of nitrogens with one attached hydrogen (secondary N) is 1. The van der Waals surface area contributed by atoms with Gasteiger partial charge >= 0.3 is 16.0 Å². The van der Waals surface area contributed by atoms with Crippen molar-refractivity contribution in [1.82, 2.24) is 5.32 Å². The first kappa shape index (κ1) is 22.6. The molecule has 0 rings (SSSR count). The number of alkyl halides is 8. The Bertz CT molecular complexity index is 393. The lowest BCUT2D eigenvalue weighted by atomic mass is 10.1. The van der Waals surface area contributed by atoms with Crippen LogP contribution in [0.1, 0.15) is 0 Å². The van der Waals surface area contributed by atoms with Crippen LogP contribution in [0.3, 0.4) is 0 Å². The van der Waals surface area contributed by atoms with E-state index in [0.717, 1.165) is 0 Å². The molecule has 0 aromatic carbocycles. The third-order valence-corrected chi connectivity index (χ3v) is 2.59. The van der Waals surface area contributed by atoms with E-state index in [1.165, 1.54) is 0 Å². The smallest absolute Gasteiger partial charge is 0.323 e. The Labute approximate surface area is 115 Å². The van der Waals surface area contributed by atoms with Crippen molar-refractivity contribution in [2.45, 2.75) is 36.4 Å². The Kier molecular flexibility index (Phi) is 9.34. The van der Waals surface area contributed by atoms with Crippen LogP contribution in [0.5, 0.6) is 0 Å². The van der Waals surface area contributed by atoms with Gasteiger partial charge in [0.15, 0.2) is 12.3 Å². The monoisotopic (exact) mass is 355 g/mol. The van der Waals surface area contributed by atoms with Gasteiger partial charge in [-0.25, -0.2) is 26.3 Å². The summed E-state index contributed by atoms with van der Waals surface area (Å²) in [5.74, 6) is -5.73. The summed E-state index contributed by atoms with van der Waals surface area (Å²) in [5.41, 5.74) is -4.61. The van der Waals surface area contributed by atoms with Gasteiger partial charge in [-0.2, -0.15) is 17.2 Å². The molecular formula is C8H13F8NO3S. The van der Waals surface area contributed by atoms with E-state index in [-0.39, 0.29) is 0 Å². The second-order valence-corrected chi connectivity index (χ2v) is 5.07. The van der Waals surface area contributed by atoms with Gasteiger partial charge in [-0.15, -0.1) is 0 Å². The lowest BCUT2D eigenvalue weighted by molar-refractivity contribution is -0.146. The highest BCUT2D eigenvalue weighted by molar-refractivity contribution is 7.86. The van der Waals surface area contributed by atoms with E-state index < -0.39 is 46.5 Å². The zero-order chi connectivity index (χ0) is 17.6. The zero-order valence-corrected chi connectivity index (χ0v) is 11.4. The number of halogens is 8. The molecule has 0 heterocycles. The van der Waals surface area contributed by atoms with Crippen molar-refractivity contribution >= 4 is 10.1 Å². The normalized spacial score (nSPS) is 18.5. The summed E-state index contributed by atoms with van der Waals surface area (Å²) in [6.45, 7) is 0. The summed E-state index contributed by atoms with van der Waals surface area (Å²) in [6.07, 6.45) is -16.9. The highest BCUT2D eigenvalue weighted by Crippen LogP contribution is 2.35. The third-order valence-electron chi connectivity index (χ3n) is 1.76. The van der Waals surface area contributed by atoms with Crippen LogP contribution >= 0.6 is 0 Å². The Morgan fingerprint density at radius 1 is 0.952 bits per heavy atom. The number of rotatable bonds is 6. The minimum atomic E-state index is -6.12. The summed E-state index contributed by atoms with van der Waals surface area (Å²) in [4.78, 5) is 0. The molecule has 0 radical (unpaired) electrons. The molecule has 0 spiro atoms. The molecule has 21 heavy (non-hydrogen) atoms. The highest BCUT2D eigenvalue weighted by atomic mass is 32.2. The maximum Gasteiger partial charge on any atom is 0.328 e. The van der Waals surface area contributed by atoms with Crippen LogP contribution in [0.4, 0.5) is 35.1 Å². The van der Waals surface area contributed by atoms with Gasteiger partial charge in [-0.1, -0.05) is 0 Å². The molecule has 0 fully saturated rings. The van der Waals surface area contributed by atoms with Gasteiger partial charge in [0.05, 0.1) is 0 Å². The molecule has 0 aliphatic rings. The molecule has 2 N–H and O–H groups in total. The van der Waals surface area contributed by atoms with Gasteiger partial charge in [0.25, 0.3) is 11.9 Å². The number of hydrogen-bond donors (Lipinski definition) is 2. The van der Waals surface area contributed by atoms with Crippen LogP contribution in [0, 0.1) is 0 Å².